The molecule has 0 radical (unpaired) electrons. The number of esters is 1. The van der Waals surface area contributed by atoms with Crippen molar-refractivity contribution in [1.29, 1.82) is 0 Å². The number of benzene rings is 1. The minimum Gasteiger partial charge on any atom is -0.468 e. The van der Waals surface area contributed by atoms with Gasteiger partial charge in [-0.25, -0.2) is 0 Å². The fourth-order valence-corrected chi connectivity index (χ4v) is 6.01. The molecule has 4 amide bonds. The van der Waals surface area contributed by atoms with Crippen LogP contribution in [0.3, 0.4) is 0 Å². The Morgan fingerprint density at radius 1 is 0.952 bits per heavy atom. The lowest BCUT2D eigenvalue weighted by Gasteiger charge is -2.56. The molecule has 0 bridgehead atoms. The van der Waals surface area contributed by atoms with E-state index in [4.69, 9.17) is 21.9 Å². The van der Waals surface area contributed by atoms with Gasteiger partial charge in [-0.2, -0.15) is 0 Å². The van der Waals surface area contributed by atoms with Gasteiger partial charge in [-0.15, -0.1) is 0 Å². The lowest BCUT2D eigenvalue weighted by Crippen LogP contribution is -2.66. The van der Waals surface area contributed by atoms with Gasteiger partial charge in [-0.05, 0) is 62.5 Å². The van der Waals surface area contributed by atoms with Crippen LogP contribution in [0.25, 0.3) is 0 Å². The van der Waals surface area contributed by atoms with Gasteiger partial charge >= 0.3 is 5.97 Å². The summed E-state index contributed by atoms with van der Waals surface area (Å²) >= 11 is 0. The molecule has 42 heavy (non-hydrogen) atoms. The molecule has 1 saturated heterocycles. The van der Waals surface area contributed by atoms with E-state index in [9.17, 15) is 24.0 Å². The number of ether oxygens (including phenoxy) is 1. The molecule has 1 aliphatic heterocycles. The Labute approximate surface area is 246 Å². The smallest absolute Gasteiger partial charge is 0.325 e. The maximum Gasteiger partial charge on any atom is 0.325 e. The Balaban J connectivity index is 1.55. The Morgan fingerprint density at radius 2 is 1.60 bits per heavy atom. The fraction of sp³-hybridized carbons (Fsp3) is 0.621. The van der Waals surface area contributed by atoms with E-state index in [1.807, 2.05) is 30.3 Å². The Kier molecular flexibility index (Phi) is 11.8. The Hall–Kier alpha value is -3.55. The molecule has 232 valence electrons. The van der Waals surface area contributed by atoms with Crippen molar-refractivity contribution < 1.29 is 28.7 Å². The number of likely N-dealkylation sites (tertiary alicyclic amines) is 1. The first-order valence-electron chi connectivity index (χ1n) is 14.5. The summed E-state index contributed by atoms with van der Waals surface area (Å²) in [6.07, 6.45) is 4.47. The highest BCUT2D eigenvalue weighted by molar-refractivity contribution is 5.93. The van der Waals surface area contributed by atoms with Crippen molar-refractivity contribution in [2.24, 2.45) is 22.6 Å². The molecule has 0 aromatic heterocycles. The monoisotopic (exact) mass is 587 g/mol. The number of nitrogens with zero attached hydrogens (tertiary/aromatic N) is 1. The van der Waals surface area contributed by atoms with Gasteiger partial charge in [0.25, 0.3) is 0 Å². The van der Waals surface area contributed by atoms with Crippen LogP contribution in [0.4, 0.5) is 0 Å². The fourth-order valence-electron chi connectivity index (χ4n) is 6.01. The van der Waals surface area contributed by atoms with Crippen LogP contribution < -0.4 is 33.2 Å². The number of carbonyl (C=O) groups is 5. The maximum atomic E-state index is 13.5. The van der Waals surface area contributed by atoms with Gasteiger partial charge in [0, 0.05) is 19.5 Å². The number of unbranched alkanes of at least 4 members (excludes halogenated alkanes) is 1. The van der Waals surface area contributed by atoms with Gasteiger partial charge in [-0.3, -0.25) is 24.0 Å². The highest BCUT2D eigenvalue weighted by Crippen LogP contribution is 2.54. The number of hydrogen-bond acceptors (Lipinski definition) is 9. The van der Waals surface area contributed by atoms with E-state index in [0.717, 1.165) is 5.56 Å². The van der Waals surface area contributed by atoms with Crippen molar-refractivity contribution in [3.8, 4) is 0 Å². The second kappa shape index (κ2) is 15.1. The first kappa shape index (κ1) is 33.0. The van der Waals surface area contributed by atoms with E-state index >= 15 is 0 Å². The normalized spacial score (nSPS) is 18.2. The summed E-state index contributed by atoms with van der Waals surface area (Å²) in [5.41, 5.74) is 17.0. The molecule has 1 aromatic carbocycles. The van der Waals surface area contributed by atoms with Crippen LogP contribution >= 0.6 is 0 Å². The molecule has 1 spiro atoms. The van der Waals surface area contributed by atoms with E-state index in [0.29, 0.717) is 64.6 Å². The van der Waals surface area contributed by atoms with Crippen LogP contribution in [0.5, 0.6) is 0 Å². The van der Waals surface area contributed by atoms with E-state index < -0.39 is 41.3 Å². The average Bonchev–Trinajstić information content (AvgIpc) is 2.98. The van der Waals surface area contributed by atoms with Crippen molar-refractivity contribution >= 4 is 29.6 Å². The van der Waals surface area contributed by atoms with Crippen molar-refractivity contribution in [3.63, 3.8) is 0 Å². The highest BCUT2D eigenvalue weighted by atomic mass is 16.5. The average molecular weight is 588 g/mol. The van der Waals surface area contributed by atoms with E-state index in [1.165, 1.54) is 7.11 Å². The van der Waals surface area contributed by atoms with Gasteiger partial charge in [-0.1, -0.05) is 30.3 Å². The second-order valence-electron chi connectivity index (χ2n) is 11.5. The van der Waals surface area contributed by atoms with Crippen LogP contribution in [0, 0.1) is 5.41 Å². The lowest BCUT2D eigenvalue weighted by atomic mass is 9.54. The number of nitrogens with one attached hydrogen (secondary N) is 3. The molecule has 1 aliphatic carbocycles. The van der Waals surface area contributed by atoms with Gasteiger partial charge < -0.3 is 42.8 Å². The summed E-state index contributed by atoms with van der Waals surface area (Å²) in [5.74, 6) is -2.14. The van der Waals surface area contributed by atoms with Crippen molar-refractivity contribution in [2.75, 3.05) is 39.8 Å². The molecular weight excluding hydrogens is 542 g/mol. The predicted molar refractivity (Wildman–Crippen MR) is 155 cm³/mol. The molecule has 13 heteroatoms. The number of carbonyl (C=O) groups excluding carboxylic acids is 5. The highest BCUT2D eigenvalue weighted by Gasteiger charge is 2.58. The van der Waals surface area contributed by atoms with E-state index in [2.05, 4.69) is 16.0 Å². The van der Waals surface area contributed by atoms with Crippen molar-refractivity contribution in [3.05, 3.63) is 35.9 Å². The first-order valence-corrected chi connectivity index (χ1v) is 14.5. The van der Waals surface area contributed by atoms with Gasteiger partial charge in [0.05, 0.1) is 20.2 Å². The zero-order valence-corrected chi connectivity index (χ0v) is 24.4. The van der Waals surface area contributed by atoms with Gasteiger partial charge in [0.15, 0.2) is 0 Å². The summed E-state index contributed by atoms with van der Waals surface area (Å²) in [4.78, 5) is 64.9. The summed E-state index contributed by atoms with van der Waals surface area (Å²) < 4.78 is 4.83. The molecule has 1 aromatic rings. The lowest BCUT2D eigenvalue weighted by molar-refractivity contribution is -0.161. The molecule has 9 N–H and O–H groups in total. The van der Waals surface area contributed by atoms with Crippen LogP contribution in [-0.4, -0.2) is 92.0 Å². The number of amides is 4. The molecule has 2 aliphatic rings. The molecule has 2 unspecified atom stereocenters. The number of rotatable bonds is 14. The number of hydrogen-bond donors (Lipinski definition) is 6. The van der Waals surface area contributed by atoms with Gasteiger partial charge in [0.1, 0.15) is 17.6 Å². The quantitative estimate of drug-likeness (QED) is 0.112. The number of methoxy groups -OCH3 is 1. The maximum absolute atomic E-state index is 13.5. The standard InChI is InChI=1S/C29H45N7O6/c1-42-27(41)29(32)18-28(19-29)10-13-36(14-11-28)26(40)21(9-5-6-12-30)34-24(38)17-33-25(39)22(35-23(37)16-31)15-20-7-3-2-4-8-20/h2-4,7-8,21-22H,5-6,9-19,30-32H2,1H3,(H,33,39)(H,34,38)(H,35,37). The van der Waals surface area contributed by atoms with E-state index in [-0.39, 0.29) is 30.8 Å². The molecule has 1 saturated carbocycles. The summed E-state index contributed by atoms with van der Waals surface area (Å²) in [6.45, 7) is 0.825. The zero-order chi connectivity index (χ0) is 30.8. The van der Waals surface area contributed by atoms with Crippen molar-refractivity contribution in [2.45, 2.75) is 69.0 Å². The molecule has 2 atom stereocenters. The summed E-state index contributed by atoms with van der Waals surface area (Å²) in [6, 6.07) is 7.47. The summed E-state index contributed by atoms with van der Waals surface area (Å²) in [7, 11) is 1.33. The molecule has 3 rings (SSSR count). The topological polar surface area (TPSA) is 212 Å². The van der Waals surface area contributed by atoms with Crippen LogP contribution in [0.2, 0.25) is 0 Å². The third-order valence-electron chi connectivity index (χ3n) is 8.23. The Morgan fingerprint density at radius 3 is 2.19 bits per heavy atom. The minimum absolute atomic E-state index is 0.0854. The predicted octanol–water partition coefficient (Wildman–Crippen LogP) is -1.32. The summed E-state index contributed by atoms with van der Waals surface area (Å²) in [5, 5.41) is 7.94. The SMILES string of the molecule is COC(=O)C1(N)CC2(CCN(C(=O)C(CCCCN)NC(=O)CNC(=O)C(Cc3ccccc3)NC(=O)CN)CC2)C1. The Bertz CT molecular complexity index is 1100. The zero-order valence-electron chi connectivity index (χ0n) is 24.4. The number of piperidine rings is 1. The second-order valence-corrected chi connectivity index (χ2v) is 11.5. The van der Waals surface area contributed by atoms with Crippen LogP contribution in [0.1, 0.15) is 50.5 Å². The molecule has 13 nitrogen and oxygen atoms in total. The first-order chi connectivity index (χ1) is 20.0. The van der Waals surface area contributed by atoms with Crippen molar-refractivity contribution in [1.82, 2.24) is 20.9 Å². The third-order valence-corrected chi connectivity index (χ3v) is 8.23. The number of nitrogens with two attached hydrogens (primary N) is 3. The largest absolute Gasteiger partial charge is 0.468 e. The molecular formula is C29H45N7O6. The van der Waals surface area contributed by atoms with Gasteiger partial charge in [0.2, 0.25) is 23.6 Å². The van der Waals surface area contributed by atoms with E-state index in [1.54, 1.807) is 4.90 Å². The molecule has 1 heterocycles. The van der Waals surface area contributed by atoms with Crippen LogP contribution in [-0.2, 0) is 35.1 Å². The minimum atomic E-state index is -0.961. The van der Waals surface area contributed by atoms with Crippen LogP contribution in [0.15, 0.2) is 30.3 Å². The molecule has 2 fully saturated rings. The third kappa shape index (κ3) is 8.73.